The minimum atomic E-state index is -0.334. The summed E-state index contributed by atoms with van der Waals surface area (Å²) in [6.07, 6.45) is 1.60. The van der Waals surface area contributed by atoms with Gasteiger partial charge in [0.05, 0.1) is 0 Å². The number of hydrogen-bond acceptors (Lipinski definition) is 4. The Morgan fingerprint density at radius 2 is 1.80 bits per heavy atom. The minimum Gasteiger partial charge on any atom is -0.326 e. The van der Waals surface area contributed by atoms with Gasteiger partial charge >= 0.3 is 0 Å². The number of nitrogens with one attached hydrogen (secondary N) is 2. The number of aryl methyl sites for hydroxylation is 2. The third-order valence-electron chi connectivity index (χ3n) is 3.75. The van der Waals surface area contributed by atoms with E-state index in [4.69, 9.17) is 11.6 Å². The van der Waals surface area contributed by atoms with Crippen LogP contribution < -0.4 is 22.3 Å². The number of carbonyl (C=O) groups is 2. The van der Waals surface area contributed by atoms with Gasteiger partial charge in [0.15, 0.2) is 0 Å². The predicted molar refractivity (Wildman–Crippen MR) is 101 cm³/mol. The molecule has 0 bridgehead atoms. The number of amides is 2. The van der Waals surface area contributed by atoms with Crippen molar-refractivity contribution in [2.24, 2.45) is 11.6 Å². The summed E-state index contributed by atoms with van der Waals surface area (Å²) in [4.78, 5) is 22.7. The van der Waals surface area contributed by atoms with Crippen LogP contribution in [0.4, 0.5) is 5.69 Å². The molecule has 0 atom stereocenters. The van der Waals surface area contributed by atoms with Crippen molar-refractivity contribution in [2.75, 3.05) is 5.32 Å². The van der Waals surface area contributed by atoms with E-state index < -0.39 is 0 Å². The van der Waals surface area contributed by atoms with Crippen molar-refractivity contribution >= 4 is 29.9 Å². The third kappa shape index (κ3) is 5.86. The number of anilines is 1. The van der Waals surface area contributed by atoms with E-state index >= 15 is 0 Å². The smallest absolute Gasteiger partial charge is 0.265 e. The molecule has 2 amide bonds. The van der Waals surface area contributed by atoms with Crippen LogP contribution in [-0.2, 0) is 24.2 Å². The molecule has 2 rings (SSSR count). The first-order chi connectivity index (χ1) is 11.5. The monoisotopic (exact) mass is 362 g/mol. The number of rotatable bonds is 6. The molecule has 134 valence electrons. The van der Waals surface area contributed by atoms with Crippen molar-refractivity contribution in [3.8, 4) is 0 Å². The van der Waals surface area contributed by atoms with E-state index in [-0.39, 0.29) is 24.2 Å². The van der Waals surface area contributed by atoms with Crippen molar-refractivity contribution in [3.05, 3.63) is 64.7 Å². The summed E-state index contributed by atoms with van der Waals surface area (Å²) in [5.74, 6) is 4.73. The second-order valence-corrected chi connectivity index (χ2v) is 5.54. The molecule has 0 spiro atoms. The zero-order valence-corrected chi connectivity index (χ0v) is 14.9. The van der Waals surface area contributed by atoms with Gasteiger partial charge in [-0.05, 0) is 53.8 Å². The highest BCUT2D eigenvalue weighted by Gasteiger charge is 2.08. The van der Waals surface area contributed by atoms with Gasteiger partial charge in [-0.1, -0.05) is 18.2 Å². The maximum Gasteiger partial charge on any atom is 0.265 e. The Morgan fingerprint density at radius 1 is 1.04 bits per heavy atom. The number of hydrogen-bond donors (Lipinski definition) is 4. The highest BCUT2D eigenvalue weighted by molar-refractivity contribution is 5.94. The Hall–Kier alpha value is -2.41. The van der Waals surface area contributed by atoms with Crippen LogP contribution in [0.25, 0.3) is 0 Å². The fourth-order valence-electron chi connectivity index (χ4n) is 2.57. The van der Waals surface area contributed by atoms with Crippen molar-refractivity contribution in [1.29, 1.82) is 0 Å². The van der Waals surface area contributed by atoms with Gasteiger partial charge in [0.25, 0.3) is 5.91 Å². The maximum absolute atomic E-state index is 11.6. The summed E-state index contributed by atoms with van der Waals surface area (Å²) in [5, 5.41) is 2.78. The first kappa shape index (κ1) is 20.6. The zero-order chi connectivity index (χ0) is 17.5. The van der Waals surface area contributed by atoms with Crippen LogP contribution in [0.1, 0.15) is 34.0 Å². The third-order valence-corrected chi connectivity index (χ3v) is 3.75. The van der Waals surface area contributed by atoms with Crippen LogP contribution in [0, 0.1) is 0 Å². The van der Waals surface area contributed by atoms with Crippen LogP contribution in [0.15, 0.2) is 42.5 Å². The molecule has 2 aromatic carbocycles. The number of nitrogen functional groups attached to an aromatic ring is 1. The zero-order valence-electron chi connectivity index (χ0n) is 14.0. The first-order valence-corrected chi connectivity index (χ1v) is 7.73. The summed E-state index contributed by atoms with van der Waals surface area (Å²) in [6.45, 7) is 1.84. The van der Waals surface area contributed by atoms with Crippen LogP contribution >= 0.6 is 12.4 Å². The Labute approximate surface area is 153 Å². The van der Waals surface area contributed by atoms with E-state index in [2.05, 4.69) is 10.7 Å². The van der Waals surface area contributed by atoms with E-state index in [9.17, 15) is 9.59 Å². The first-order valence-electron chi connectivity index (χ1n) is 7.73. The molecular weight excluding hydrogens is 340 g/mol. The highest BCUT2D eigenvalue weighted by Crippen LogP contribution is 2.17. The lowest BCUT2D eigenvalue weighted by Gasteiger charge is -2.11. The molecule has 0 aliphatic rings. The van der Waals surface area contributed by atoms with Gasteiger partial charge < -0.3 is 11.1 Å². The lowest BCUT2D eigenvalue weighted by atomic mass is 9.97. The Morgan fingerprint density at radius 3 is 2.44 bits per heavy atom. The molecule has 6 nitrogen and oxygen atoms in total. The molecule has 2 aromatic rings. The molecule has 0 unspecified atom stereocenters. The summed E-state index contributed by atoms with van der Waals surface area (Å²) >= 11 is 0. The van der Waals surface area contributed by atoms with E-state index in [1.807, 2.05) is 30.3 Å². The van der Waals surface area contributed by atoms with Gasteiger partial charge in [-0.2, -0.15) is 0 Å². The largest absolute Gasteiger partial charge is 0.326 e. The SMILES string of the molecule is CC(=O)Nc1cccc(CCc2ccc(C(=O)NN)cc2CN)c1.Cl. The average Bonchev–Trinajstić information content (AvgIpc) is 2.58. The number of carbonyl (C=O) groups excluding carboxylic acids is 2. The molecule has 0 radical (unpaired) electrons. The topological polar surface area (TPSA) is 110 Å². The lowest BCUT2D eigenvalue weighted by molar-refractivity contribution is -0.114. The van der Waals surface area contributed by atoms with Gasteiger partial charge in [-0.3, -0.25) is 15.0 Å². The number of hydrazine groups is 1. The quantitative estimate of drug-likeness (QED) is 0.357. The maximum atomic E-state index is 11.6. The van der Waals surface area contributed by atoms with Crippen molar-refractivity contribution in [2.45, 2.75) is 26.3 Å². The number of benzene rings is 2. The van der Waals surface area contributed by atoms with E-state index in [1.54, 1.807) is 12.1 Å². The Bertz CT molecular complexity index is 750. The van der Waals surface area contributed by atoms with Gasteiger partial charge in [0.2, 0.25) is 5.91 Å². The molecule has 0 saturated carbocycles. The average molecular weight is 363 g/mol. The standard InChI is InChI=1S/C18H22N4O2.ClH/c1-12(23)21-17-4-2-3-13(9-17)5-6-14-7-8-15(18(24)22-20)10-16(14)11-19;/h2-4,7-10H,5-6,11,19-20H2,1H3,(H,21,23)(H,22,24);1H. The molecule has 7 heteroatoms. The lowest BCUT2D eigenvalue weighted by Crippen LogP contribution is -2.30. The Kier molecular flexibility index (Phi) is 8.07. The summed E-state index contributed by atoms with van der Waals surface area (Å²) < 4.78 is 0. The predicted octanol–water partition coefficient (Wildman–Crippen LogP) is 1.91. The van der Waals surface area contributed by atoms with Crippen LogP contribution in [0.2, 0.25) is 0 Å². The van der Waals surface area contributed by atoms with Crippen LogP contribution in [-0.4, -0.2) is 11.8 Å². The van der Waals surface area contributed by atoms with Crippen molar-refractivity contribution in [3.63, 3.8) is 0 Å². The van der Waals surface area contributed by atoms with E-state index in [1.165, 1.54) is 6.92 Å². The molecule has 0 fully saturated rings. The fraction of sp³-hybridized carbons (Fsp3) is 0.222. The van der Waals surface area contributed by atoms with Gasteiger partial charge in [-0.25, -0.2) is 5.84 Å². The minimum absolute atomic E-state index is 0. The van der Waals surface area contributed by atoms with E-state index in [0.29, 0.717) is 12.1 Å². The summed E-state index contributed by atoms with van der Waals surface area (Å²) in [6, 6.07) is 13.2. The molecule has 0 aliphatic carbocycles. The molecule has 0 aliphatic heterocycles. The molecule has 6 N–H and O–H groups in total. The fourth-order valence-corrected chi connectivity index (χ4v) is 2.57. The molecule has 25 heavy (non-hydrogen) atoms. The van der Waals surface area contributed by atoms with Gasteiger partial charge in [-0.15, -0.1) is 12.4 Å². The molecule has 0 aromatic heterocycles. The Balaban J connectivity index is 0.00000312. The highest BCUT2D eigenvalue weighted by atomic mass is 35.5. The number of nitrogens with two attached hydrogens (primary N) is 2. The van der Waals surface area contributed by atoms with Crippen LogP contribution in [0.5, 0.6) is 0 Å². The molecular formula is C18H23ClN4O2. The normalized spacial score (nSPS) is 9.88. The van der Waals surface area contributed by atoms with Crippen molar-refractivity contribution in [1.82, 2.24) is 5.43 Å². The number of halogens is 1. The molecule has 0 saturated heterocycles. The van der Waals surface area contributed by atoms with Gasteiger partial charge in [0, 0.05) is 24.7 Å². The molecule has 0 heterocycles. The second kappa shape index (κ2) is 9.78. The van der Waals surface area contributed by atoms with Gasteiger partial charge in [0.1, 0.15) is 0 Å². The summed E-state index contributed by atoms with van der Waals surface area (Å²) in [5.41, 5.74) is 12.3. The summed E-state index contributed by atoms with van der Waals surface area (Å²) in [7, 11) is 0. The van der Waals surface area contributed by atoms with E-state index in [0.717, 1.165) is 35.2 Å². The second-order valence-electron chi connectivity index (χ2n) is 5.54. The van der Waals surface area contributed by atoms with Crippen molar-refractivity contribution < 1.29 is 9.59 Å². The van der Waals surface area contributed by atoms with Crippen LogP contribution in [0.3, 0.4) is 0 Å².